The molecule has 1 atom stereocenters. The SMILES string of the molecule is CCCNC(C)CN(CCN(C)C)CC(C)C. The normalized spacial score (nSPS) is 13.9. The molecule has 0 aliphatic carbocycles. The minimum absolute atomic E-state index is 0.593. The Balaban J connectivity index is 3.98. The Kier molecular flexibility index (Phi) is 9.79. The molecule has 0 saturated heterocycles. The number of nitrogens with zero attached hydrogens (tertiary/aromatic N) is 2. The van der Waals surface area contributed by atoms with E-state index in [9.17, 15) is 0 Å². The molecule has 17 heavy (non-hydrogen) atoms. The van der Waals surface area contributed by atoms with Crippen LogP contribution in [-0.2, 0) is 0 Å². The maximum atomic E-state index is 3.57. The fourth-order valence-electron chi connectivity index (χ4n) is 1.96. The molecule has 0 radical (unpaired) electrons. The van der Waals surface area contributed by atoms with Crippen molar-refractivity contribution in [3.63, 3.8) is 0 Å². The first kappa shape index (κ1) is 16.9. The van der Waals surface area contributed by atoms with Crippen LogP contribution in [0.4, 0.5) is 0 Å². The summed E-state index contributed by atoms with van der Waals surface area (Å²) in [6.07, 6.45) is 1.21. The van der Waals surface area contributed by atoms with Gasteiger partial charge >= 0.3 is 0 Å². The van der Waals surface area contributed by atoms with Crippen molar-refractivity contribution in [2.45, 2.75) is 40.2 Å². The van der Waals surface area contributed by atoms with E-state index in [0.29, 0.717) is 6.04 Å². The summed E-state index contributed by atoms with van der Waals surface area (Å²) in [7, 11) is 4.29. The Hall–Kier alpha value is -0.120. The molecule has 104 valence electrons. The molecule has 1 N–H and O–H groups in total. The summed E-state index contributed by atoms with van der Waals surface area (Å²) < 4.78 is 0. The molecule has 0 rings (SSSR count). The Bertz CT molecular complexity index is 169. The average Bonchev–Trinajstić information content (AvgIpc) is 2.22. The van der Waals surface area contributed by atoms with Crippen LogP contribution in [0.25, 0.3) is 0 Å². The minimum Gasteiger partial charge on any atom is -0.313 e. The van der Waals surface area contributed by atoms with Crippen LogP contribution in [0.1, 0.15) is 34.1 Å². The van der Waals surface area contributed by atoms with E-state index < -0.39 is 0 Å². The molecule has 1 unspecified atom stereocenters. The van der Waals surface area contributed by atoms with E-state index in [1.54, 1.807) is 0 Å². The molecule has 0 aromatic heterocycles. The summed E-state index contributed by atoms with van der Waals surface area (Å²) in [5.41, 5.74) is 0. The van der Waals surface area contributed by atoms with Gasteiger partial charge < -0.3 is 15.1 Å². The summed E-state index contributed by atoms with van der Waals surface area (Å²) in [4.78, 5) is 4.84. The van der Waals surface area contributed by atoms with Crippen molar-refractivity contribution in [2.75, 3.05) is 46.8 Å². The third-order valence-corrected chi connectivity index (χ3v) is 2.76. The van der Waals surface area contributed by atoms with Crippen LogP contribution in [0, 0.1) is 5.92 Å². The topological polar surface area (TPSA) is 18.5 Å². The molecular formula is C14H33N3. The molecule has 0 heterocycles. The van der Waals surface area contributed by atoms with Gasteiger partial charge in [0.25, 0.3) is 0 Å². The summed E-state index contributed by atoms with van der Waals surface area (Å²) in [6, 6.07) is 0.593. The van der Waals surface area contributed by atoms with Crippen molar-refractivity contribution in [1.82, 2.24) is 15.1 Å². The van der Waals surface area contributed by atoms with E-state index in [0.717, 1.165) is 25.6 Å². The van der Waals surface area contributed by atoms with E-state index in [-0.39, 0.29) is 0 Å². The number of rotatable bonds is 10. The number of likely N-dealkylation sites (N-methyl/N-ethyl adjacent to an activating group) is 1. The highest BCUT2D eigenvalue weighted by Crippen LogP contribution is 2.00. The van der Waals surface area contributed by atoms with Crippen molar-refractivity contribution in [2.24, 2.45) is 5.92 Å². The zero-order chi connectivity index (χ0) is 13.3. The lowest BCUT2D eigenvalue weighted by Crippen LogP contribution is -2.43. The van der Waals surface area contributed by atoms with E-state index in [1.165, 1.54) is 19.5 Å². The van der Waals surface area contributed by atoms with Gasteiger partial charge in [0, 0.05) is 32.2 Å². The Morgan fingerprint density at radius 3 is 2.12 bits per heavy atom. The number of nitrogens with one attached hydrogen (secondary N) is 1. The van der Waals surface area contributed by atoms with E-state index in [2.05, 4.69) is 56.9 Å². The monoisotopic (exact) mass is 243 g/mol. The van der Waals surface area contributed by atoms with Gasteiger partial charge in [0.1, 0.15) is 0 Å². The molecule has 3 nitrogen and oxygen atoms in total. The molecule has 0 amide bonds. The fourth-order valence-corrected chi connectivity index (χ4v) is 1.96. The fraction of sp³-hybridized carbons (Fsp3) is 1.00. The second-order valence-corrected chi connectivity index (χ2v) is 5.81. The molecule has 0 spiro atoms. The highest BCUT2D eigenvalue weighted by Gasteiger charge is 2.11. The van der Waals surface area contributed by atoms with Gasteiger partial charge in [0.2, 0.25) is 0 Å². The molecule has 0 aromatic carbocycles. The first-order valence-electron chi connectivity index (χ1n) is 7.06. The first-order valence-corrected chi connectivity index (χ1v) is 7.06. The molecule has 0 aliphatic rings. The number of hydrogen-bond acceptors (Lipinski definition) is 3. The van der Waals surface area contributed by atoms with Gasteiger partial charge in [-0.05, 0) is 39.9 Å². The lowest BCUT2D eigenvalue weighted by atomic mass is 10.2. The van der Waals surface area contributed by atoms with Crippen molar-refractivity contribution >= 4 is 0 Å². The van der Waals surface area contributed by atoms with Gasteiger partial charge in [-0.1, -0.05) is 20.8 Å². The third-order valence-electron chi connectivity index (χ3n) is 2.76. The van der Waals surface area contributed by atoms with E-state index in [1.807, 2.05) is 0 Å². The molecule has 0 saturated carbocycles. The molecule has 0 aromatic rings. The predicted molar refractivity (Wildman–Crippen MR) is 77.6 cm³/mol. The highest BCUT2D eigenvalue weighted by atomic mass is 15.2. The third kappa shape index (κ3) is 10.7. The van der Waals surface area contributed by atoms with Gasteiger partial charge in [-0.2, -0.15) is 0 Å². The summed E-state index contributed by atoms with van der Waals surface area (Å²) >= 11 is 0. The van der Waals surface area contributed by atoms with E-state index in [4.69, 9.17) is 0 Å². The van der Waals surface area contributed by atoms with Crippen LogP contribution >= 0.6 is 0 Å². The highest BCUT2D eigenvalue weighted by molar-refractivity contribution is 4.69. The van der Waals surface area contributed by atoms with Gasteiger partial charge in [0.05, 0.1) is 0 Å². The van der Waals surface area contributed by atoms with Crippen LogP contribution in [0.5, 0.6) is 0 Å². The van der Waals surface area contributed by atoms with Crippen molar-refractivity contribution in [3.8, 4) is 0 Å². The maximum absolute atomic E-state index is 3.57. The van der Waals surface area contributed by atoms with Crippen LogP contribution in [-0.4, -0.2) is 62.7 Å². The van der Waals surface area contributed by atoms with E-state index >= 15 is 0 Å². The maximum Gasteiger partial charge on any atom is 0.0166 e. The zero-order valence-corrected chi connectivity index (χ0v) is 12.8. The Labute approximate surface area is 109 Å². The molecule has 0 fully saturated rings. The van der Waals surface area contributed by atoms with Gasteiger partial charge in [-0.3, -0.25) is 0 Å². The lowest BCUT2D eigenvalue weighted by Gasteiger charge is -2.28. The molecular weight excluding hydrogens is 210 g/mol. The van der Waals surface area contributed by atoms with Crippen LogP contribution in [0.2, 0.25) is 0 Å². The Morgan fingerprint density at radius 1 is 1.00 bits per heavy atom. The average molecular weight is 243 g/mol. The molecule has 3 heteroatoms. The summed E-state index contributed by atoms with van der Waals surface area (Å²) in [5.74, 6) is 0.746. The summed E-state index contributed by atoms with van der Waals surface area (Å²) in [5, 5.41) is 3.57. The second kappa shape index (κ2) is 9.86. The number of hydrogen-bond donors (Lipinski definition) is 1. The minimum atomic E-state index is 0.593. The standard InChI is InChI=1S/C14H33N3/c1-7-8-15-14(4)12-17(11-13(2)3)10-9-16(5)6/h13-15H,7-12H2,1-6H3. The van der Waals surface area contributed by atoms with Crippen molar-refractivity contribution in [1.29, 1.82) is 0 Å². The smallest absolute Gasteiger partial charge is 0.0166 e. The largest absolute Gasteiger partial charge is 0.313 e. The van der Waals surface area contributed by atoms with Gasteiger partial charge in [-0.25, -0.2) is 0 Å². The van der Waals surface area contributed by atoms with Crippen molar-refractivity contribution in [3.05, 3.63) is 0 Å². The van der Waals surface area contributed by atoms with Gasteiger partial charge in [-0.15, -0.1) is 0 Å². The Morgan fingerprint density at radius 2 is 1.65 bits per heavy atom. The first-order chi connectivity index (χ1) is 7.95. The summed E-state index contributed by atoms with van der Waals surface area (Å²) in [6.45, 7) is 14.9. The van der Waals surface area contributed by atoms with Crippen LogP contribution in [0.15, 0.2) is 0 Å². The molecule has 0 aliphatic heterocycles. The second-order valence-electron chi connectivity index (χ2n) is 5.81. The van der Waals surface area contributed by atoms with Crippen LogP contribution in [0.3, 0.4) is 0 Å². The lowest BCUT2D eigenvalue weighted by molar-refractivity contribution is 0.202. The predicted octanol–water partition coefficient (Wildman–Crippen LogP) is 1.89. The quantitative estimate of drug-likeness (QED) is 0.632. The van der Waals surface area contributed by atoms with Crippen molar-refractivity contribution < 1.29 is 0 Å². The van der Waals surface area contributed by atoms with Crippen LogP contribution < -0.4 is 5.32 Å². The molecule has 0 bridgehead atoms. The van der Waals surface area contributed by atoms with Gasteiger partial charge in [0.15, 0.2) is 0 Å². The zero-order valence-electron chi connectivity index (χ0n) is 12.8.